The molecule has 0 radical (unpaired) electrons. The van der Waals surface area contributed by atoms with E-state index >= 15 is 0 Å². The van der Waals surface area contributed by atoms with Crippen LogP contribution in [0.2, 0.25) is 0 Å². The van der Waals surface area contributed by atoms with E-state index in [0.717, 1.165) is 16.7 Å². The molecule has 0 aliphatic carbocycles. The normalized spacial score (nSPS) is 10.6. The summed E-state index contributed by atoms with van der Waals surface area (Å²) in [4.78, 5) is 21.1. The molecule has 2 rings (SSSR count). The number of aromatic amines is 1. The van der Waals surface area contributed by atoms with Crippen molar-refractivity contribution in [3.8, 4) is 0 Å². The van der Waals surface area contributed by atoms with E-state index in [-0.39, 0.29) is 16.2 Å². The second-order valence-electron chi connectivity index (χ2n) is 2.58. The van der Waals surface area contributed by atoms with Gasteiger partial charge in [0.15, 0.2) is 0 Å². The van der Waals surface area contributed by atoms with Crippen LogP contribution in [0, 0.1) is 15.3 Å². The van der Waals surface area contributed by atoms with Gasteiger partial charge in [0.2, 0.25) is 5.52 Å². The molecule has 0 unspecified atom stereocenters. The van der Waals surface area contributed by atoms with Gasteiger partial charge in [0.25, 0.3) is 6.20 Å². The highest BCUT2D eigenvalue weighted by Crippen LogP contribution is 2.12. The molecule has 14 heavy (non-hydrogen) atoms. The minimum atomic E-state index is -0.839. The second kappa shape index (κ2) is 2.55. The van der Waals surface area contributed by atoms with Crippen LogP contribution in [0.25, 0.3) is 5.52 Å². The first-order valence-corrected chi connectivity index (χ1v) is 3.58. The van der Waals surface area contributed by atoms with Crippen molar-refractivity contribution in [2.75, 3.05) is 0 Å². The molecule has 0 saturated heterocycles. The zero-order chi connectivity index (χ0) is 10.3. The Kier molecular flexibility index (Phi) is 1.50. The minimum Gasteiger partial charge on any atom is -0.596 e. The van der Waals surface area contributed by atoms with Gasteiger partial charge < -0.3 is 15.3 Å². The third-order valence-corrected chi connectivity index (χ3v) is 1.74. The van der Waals surface area contributed by atoms with Gasteiger partial charge in [-0.05, 0) is 4.92 Å². The summed E-state index contributed by atoms with van der Waals surface area (Å²) < 4.78 is 0.814. The highest BCUT2D eigenvalue weighted by atomic mass is 16.6. The lowest BCUT2D eigenvalue weighted by Gasteiger charge is -1.93. The summed E-state index contributed by atoms with van der Waals surface area (Å²) in [6.45, 7) is 0. The van der Waals surface area contributed by atoms with Crippen molar-refractivity contribution in [3.63, 3.8) is 0 Å². The van der Waals surface area contributed by atoms with E-state index < -0.39 is 10.6 Å². The van der Waals surface area contributed by atoms with Gasteiger partial charge in [-0.2, -0.15) is 0 Å². The van der Waals surface area contributed by atoms with Crippen molar-refractivity contribution in [2.45, 2.75) is 0 Å². The zero-order valence-electron chi connectivity index (χ0n) is 6.71. The molecule has 8 heteroatoms. The fraction of sp³-hybridized carbons (Fsp3) is 0. The first-order valence-electron chi connectivity index (χ1n) is 3.58. The van der Waals surface area contributed by atoms with Gasteiger partial charge in [-0.25, -0.2) is 4.79 Å². The average Bonchev–Trinajstić information content (AvgIpc) is 2.47. The van der Waals surface area contributed by atoms with Gasteiger partial charge in [-0.1, -0.05) is 9.94 Å². The highest BCUT2D eigenvalue weighted by Gasteiger charge is 2.17. The van der Waals surface area contributed by atoms with Crippen molar-refractivity contribution in [2.24, 2.45) is 0 Å². The molecule has 0 aromatic carbocycles. The topological polar surface area (TPSA) is 107 Å². The van der Waals surface area contributed by atoms with Crippen LogP contribution < -0.4 is 10.5 Å². The van der Waals surface area contributed by atoms with Crippen LogP contribution in [-0.2, 0) is 0 Å². The smallest absolute Gasteiger partial charge is 0.468 e. The van der Waals surface area contributed by atoms with Crippen molar-refractivity contribution in [3.05, 3.63) is 44.1 Å². The Balaban J connectivity index is 2.93. The van der Waals surface area contributed by atoms with Gasteiger partial charge in [-0.15, -0.1) is 4.40 Å². The number of H-pyrrole nitrogens is 1. The van der Waals surface area contributed by atoms with E-state index in [2.05, 4.69) is 0 Å². The van der Waals surface area contributed by atoms with E-state index in [0.29, 0.717) is 0 Å². The van der Waals surface area contributed by atoms with Crippen molar-refractivity contribution in [1.29, 1.82) is 0 Å². The maximum atomic E-state index is 11.2. The van der Waals surface area contributed by atoms with E-state index in [4.69, 9.17) is 0 Å². The fourth-order valence-electron chi connectivity index (χ4n) is 1.20. The molecule has 2 aromatic heterocycles. The summed E-state index contributed by atoms with van der Waals surface area (Å²) in [7, 11) is 0. The number of aromatic nitrogens is 3. The number of fused-ring (bicyclic) bond motifs is 1. The first-order chi connectivity index (χ1) is 6.59. The van der Waals surface area contributed by atoms with Gasteiger partial charge >= 0.3 is 11.5 Å². The molecule has 0 saturated carbocycles. The Hall–Kier alpha value is -2.38. The number of nitrogens with zero attached hydrogens (tertiary/aromatic N) is 3. The van der Waals surface area contributed by atoms with Gasteiger partial charge in [0.05, 0.1) is 0 Å². The van der Waals surface area contributed by atoms with E-state index in [9.17, 15) is 20.1 Å². The molecular weight excluding hydrogens is 192 g/mol. The van der Waals surface area contributed by atoms with Crippen LogP contribution in [0.3, 0.4) is 0 Å². The van der Waals surface area contributed by atoms with Gasteiger partial charge in [0, 0.05) is 12.1 Å². The van der Waals surface area contributed by atoms with E-state index in [1.807, 2.05) is 5.10 Å². The summed E-state index contributed by atoms with van der Waals surface area (Å²) in [6, 6.07) is 2.48. The SMILES string of the molecule is O=c1[nH][n+]([O-])cc2ccc([N+](=O)[O-])n12. The molecule has 0 fully saturated rings. The molecule has 0 amide bonds. The van der Waals surface area contributed by atoms with Crippen LogP contribution in [0.5, 0.6) is 0 Å². The van der Waals surface area contributed by atoms with Gasteiger partial charge in [0.1, 0.15) is 0 Å². The minimum absolute atomic E-state index is 0.176. The Morgan fingerprint density at radius 1 is 1.50 bits per heavy atom. The summed E-state index contributed by atoms with van der Waals surface area (Å²) in [5, 5.41) is 23.1. The van der Waals surface area contributed by atoms with Crippen molar-refractivity contribution >= 4 is 11.3 Å². The molecule has 0 aliphatic rings. The molecule has 0 spiro atoms. The summed E-state index contributed by atoms with van der Waals surface area (Å²) in [5.74, 6) is -0.373. The highest BCUT2D eigenvalue weighted by molar-refractivity contribution is 5.50. The summed E-state index contributed by atoms with van der Waals surface area (Å²) >= 11 is 0. The molecular formula is C6H4N4O4. The Morgan fingerprint density at radius 2 is 2.21 bits per heavy atom. The average molecular weight is 196 g/mol. The summed E-state index contributed by atoms with van der Waals surface area (Å²) in [6.07, 6.45) is 1.04. The monoisotopic (exact) mass is 196 g/mol. The van der Waals surface area contributed by atoms with Crippen molar-refractivity contribution < 1.29 is 9.77 Å². The Labute approximate surface area is 75.7 Å². The predicted molar refractivity (Wildman–Crippen MR) is 43.6 cm³/mol. The molecule has 72 valence electrons. The first kappa shape index (κ1) is 8.23. The molecule has 0 atom stereocenters. The van der Waals surface area contributed by atoms with Gasteiger partial charge in [-0.3, -0.25) is 0 Å². The maximum Gasteiger partial charge on any atom is 0.468 e. The Morgan fingerprint density at radius 3 is 2.86 bits per heavy atom. The molecule has 0 aliphatic heterocycles. The second-order valence-corrected chi connectivity index (χ2v) is 2.58. The largest absolute Gasteiger partial charge is 0.596 e. The number of nitrogens with one attached hydrogen (secondary N) is 1. The fourth-order valence-corrected chi connectivity index (χ4v) is 1.20. The third kappa shape index (κ3) is 1.01. The van der Waals surface area contributed by atoms with E-state index in [1.165, 1.54) is 6.07 Å². The van der Waals surface area contributed by atoms with Crippen LogP contribution in [0.1, 0.15) is 0 Å². The standard InChI is InChI=1S/C6H4N4O4/c11-6-7-8(12)3-4-1-2-5(9(4)6)10(13)14/h1-3H,(H,7,11). The molecule has 0 bridgehead atoms. The molecule has 8 nitrogen and oxygen atoms in total. The van der Waals surface area contributed by atoms with E-state index in [1.54, 1.807) is 0 Å². The lowest BCUT2D eigenvalue weighted by Crippen LogP contribution is -2.39. The number of hydrogen-bond donors (Lipinski definition) is 1. The lowest BCUT2D eigenvalue weighted by atomic mass is 10.5. The molecule has 1 N–H and O–H groups in total. The Bertz CT molecular complexity index is 569. The molecule has 2 heterocycles. The number of hydrogen-bond acceptors (Lipinski definition) is 4. The van der Waals surface area contributed by atoms with Crippen LogP contribution in [-0.4, -0.2) is 14.4 Å². The van der Waals surface area contributed by atoms with Crippen molar-refractivity contribution in [1.82, 2.24) is 9.50 Å². The number of rotatable bonds is 1. The predicted octanol–water partition coefficient (Wildman–Crippen LogP) is -0.831. The summed E-state index contributed by atoms with van der Waals surface area (Å²) in [5.41, 5.74) is -0.662. The van der Waals surface area contributed by atoms with Crippen LogP contribution in [0.4, 0.5) is 5.82 Å². The number of nitro groups is 1. The molecule has 2 aromatic rings. The van der Waals surface area contributed by atoms with Crippen LogP contribution in [0.15, 0.2) is 23.1 Å². The quantitative estimate of drug-likeness (QED) is 0.278. The van der Waals surface area contributed by atoms with Crippen LogP contribution >= 0.6 is 0 Å². The lowest BCUT2D eigenvalue weighted by molar-refractivity contribution is -0.670. The third-order valence-electron chi connectivity index (χ3n) is 1.74. The zero-order valence-corrected chi connectivity index (χ0v) is 6.71. The maximum absolute atomic E-state index is 11.2.